The molecular formula is C18H21BrN2O2. The molecule has 2 N–H and O–H groups in total. The van der Waals surface area contributed by atoms with E-state index in [0.29, 0.717) is 18.0 Å². The molecule has 0 saturated carbocycles. The third-order valence-corrected chi connectivity index (χ3v) is 3.92. The number of benzene rings is 2. The van der Waals surface area contributed by atoms with Crippen LogP contribution in [0.2, 0.25) is 0 Å². The van der Waals surface area contributed by atoms with E-state index in [-0.39, 0.29) is 12.5 Å². The molecule has 5 heteroatoms. The molecule has 0 unspecified atom stereocenters. The molecule has 0 spiro atoms. The van der Waals surface area contributed by atoms with Crippen molar-refractivity contribution in [3.05, 3.63) is 53.0 Å². The van der Waals surface area contributed by atoms with Crippen LogP contribution in [0.5, 0.6) is 5.75 Å². The lowest BCUT2D eigenvalue weighted by Gasteiger charge is -2.13. The van der Waals surface area contributed by atoms with Crippen molar-refractivity contribution in [1.82, 2.24) is 0 Å². The van der Waals surface area contributed by atoms with Crippen LogP contribution in [0.25, 0.3) is 0 Å². The van der Waals surface area contributed by atoms with Gasteiger partial charge in [-0.3, -0.25) is 4.79 Å². The topological polar surface area (TPSA) is 50.4 Å². The summed E-state index contributed by atoms with van der Waals surface area (Å²) in [6.45, 7) is 2.95. The van der Waals surface area contributed by atoms with Crippen molar-refractivity contribution in [2.24, 2.45) is 0 Å². The quantitative estimate of drug-likeness (QED) is 0.657. The van der Waals surface area contributed by atoms with Crippen molar-refractivity contribution in [1.29, 1.82) is 0 Å². The Labute approximate surface area is 145 Å². The third kappa shape index (κ3) is 5.60. The zero-order valence-electron chi connectivity index (χ0n) is 13.1. The van der Waals surface area contributed by atoms with Gasteiger partial charge in [0.1, 0.15) is 5.75 Å². The van der Waals surface area contributed by atoms with Crippen LogP contribution in [0, 0.1) is 0 Å². The van der Waals surface area contributed by atoms with Gasteiger partial charge >= 0.3 is 0 Å². The summed E-state index contributed by atoms with van der Waals surface area (Å²) in [6, 6.07) is 15.2. The molecule has 2 aromatic carbocycles. The molecule has 23 heavy (non-hydrogen) atoms. The minimum absolute atomic E-state index is 0.118. The van der Waals surface area contributed by atoms with Gasteiger partial charge in [-0.15, -0.1) is 0 Å². The molecule has 122 valence electrons. The van der Waals surface area contributed by atoms with Gasteiger partial charge in [0.2, 0.25) is 5.91 Å². The fraction of sp³-hybridized carbons (Fsp3) is 0.278. The predicted molar refractivity (Wildman–Crippen MR) is 98.1 cm³/mol. The highest BCUT2D eigenvalue weighted by atomic mass is 79.9. The van der Waals surface area contributed by atoms with Gasteiger partial charge in [0, 0.05) is 10.2 Å². The molecule has 0 aromatic heterocycles. The van der Waals surface area contributed by atoms with Crippen LogP contribution in [0.15, 0.2) is 53.0 Å². The Morgan fingerprint density at radius 3 is 2.52 bits per heavy atom. The number of hydrogen-bond acceptors (Lipinski definition) is 3. The maximum absolute atomic E-state index is 12.1. The molecule has 4 nitrogen and oxygen atoms in total. The highest BCUT2D eigenvalue weighted by molar-refractivity contribution is 9.10. The van der Waals surface area contributed by atoms with Crippen LogP contribution in [0.3, 0.4) is 0 Å². The molecule has 0 radical (unpaired) electrons. The number of unbranched alkanes of at least 4 members (excludes halogenated alkanes) is 1. The number of carbonyl (C=O) groups excluding carboxylic acids is 1. The van der Waals surface area contributed by atoms with E-state index < -0.39 is 0 Å². The van der Waals surface area contributed by atoms with Gasteiger partial charge < -0.3 is 15.4 Å². The maximum atomic E-state index is 12.1. The van der Waals surface area contributed by atoms with Gasteiger partial charge in [-0.05, 0) is 46.6 Å². The lowest BCUT2D eigenvalue weighted by Crippen LogP contribution is -2.22. The first-order valence-corrected chi connectivity index (χ1v) is 8.50. The highest BCUT2D eigenvalue weighted by Gasteiger charge is 2.08. The number of ether oxygens (including phenoxy) is 1. The fourth-order valence-corrected chi connectivity index (χ4v) is 2.42. The fourth-order valence-electron chi connectivity index (χ4n) is 2.00. The average Bonchev–Trinajstić information content (AvgIpc) is 2.56. The van der Waals surface area contributed by atoms with Gasteiger partial charge in [0.15, 0.2) is 0 Å². The summed E-state index contributed by atoms with van der Waals surface area (Å²) in [5.74, 6) is 0.586. The van der Waals surface area contributed by atoms with Crippen molar-refractivity contribution in [3.8, 4) is 5.75 Å². The van der Waals surface area contributed by atoms with E-state index >= 15 is 0 Å². The molecule has 2 rings (SSSR count). The normalized spacial score (nSPS) is 10.2. The number of halogens is 1. The molecule has 0 saturated heterocycles. The first-order chi connectivity index (χ1) is 11.2. The van der Waals surface area contributed by atoms with Crippen molar-refractivity contribution < 1.29 is 9.53 Å². The van der Waals surface area contributed by atoms with Crippen LogP contribution >= 0.6 is 15.9 Å². The zero-order valence-corrected chi connectivity index (χ0v) is 14.7. The smallest absolute Gasteiger partial charge is 0.243 e. The average molecular weight is 377 g/mol. The lowest BCUT2D eigenvalue weighted by molar-refractivity contribution is -0.114. The number of nitrogens with one attached hydrogen (secondary N) is 2. The largest absolute Gasteiger partial charge is 0.491 e. The maximum Gasteiger partial charge on any atom is 0.243 e. The van der Waals surface area contributed by atoms with Crippen LogP contribution < -0.4 is 15.4 Å². The number of anilines is 2. The van der Waals surface area contributed by atoms with Gasteiger partial charge in [-0.2, -0.15) is 0 Å². The summed E-state index contributed by atoms with van der Waals surface area (Å²) in [4.78, 5) is 12.1. The molecule has 0 fully saturated rings. The van der Waals surface area contributed by atoms with Crippen LogP contribution in [-0.4, -0.2) is 19.1 Å². The Balaban J connectivity index is 1.91. The van der Waals surface area contributed by atoms with Gasteiger partial charge in [-0.25, -0.2) is 0 Å². The Kier molecular flexibility index (Phi) is 6.94. The number of hydrogen-bond donors (Lipinski definition) is 2. The Bertz CT molecular complexity index is 646. The van der Waals surface area contributed by atoms with Gasteiger partial charge in [0.25, 0.3) is 0 Å². The summed E-state index contributed by atoms with van der Waals surface area (Å²) in [5, 5.41) is 5.99. The van der Waals surface area contributed by atoms with E-state index in [1.165, 1.54) is 0 Å². The van der Waals surface area contributed by atoms with Gasteiger partial charge in [-0.1, -0.05) is 37.6 Å². The van der Waals surface area contributed by atoms with E-state index in [9.17, 15) is 4.79 Å². The molecular weight excluding hydrogens is 356 g/mol. The van der Waals surface area contributed by atoms with Crippen LogP contribution in [-0.2, 0) is 4.79 Å². The molecule has 2 aromatic rings. The Morgan fingerprint density at radius 1 is 1.09 bits per heavy atom. The second kappa shape index (κ2) is 9.20. The SMILES string of the molecule is CCCCOc1ccccc1NC(=O)CNc1ccccc1Br. The van der Waals surface area contributed by atoms with Gasteiger partial charge in [0.05, 0.1) is 18.8 Å². The Hall–Kier alpha value is -2.01. The molecule has 0 aliphatic carbocycles. The summed E-state index contributed by atoms with van der Waals surface area (Å²) in [5.41, 5.74) is 1.58. The summed E-state index contributed by atoms with van der Waals surface area (Å²) in [7, 11) is 0. The standard InChI is InChI=1S/C18H21BrN2O2/c1-2-3-12-23-17-11-7-6-10-16(17)21-18(22)13-20-15-9-5-4-8-14(15)19/h4-11,20H,2-3,12-13H2,1H3,(H,21,22). The first-order valence-electron chi connectivity index (χ1n) is 7.70. The van der Waals surface area contributed by atoms with Crippen LogP contribution in [0.1, 0.15) is 19.8 Å². The second-order valence-electron chi connectivity index (χ2n) is 5.08. The minimum Gasteiger partial charge on any atom is -0.491 e. The predicted octanol–water partition coefficient (Wildman–Crippen LogP) is 4.68. The number of para-hydroxylation sites is 3. The third-order valence-electron chi connectivity index (χ3n) is 3.23. The zero-order chi connectivity index (χ0) is 16.5. The molecule has 1 amide bonds. The van der Waals surface area contributed by atoms with Crippen molar-refractivity contribution >= 4 is 33.2 Å². The van der Waals surface area contributed by atoms with Crippen molar-refractivity contribution in [2.45, 2.75) is 19.8 Å². The van der Waals surface area contributed by atoms with E-state index in [4.69, 9.17) is 4.74 Å². The minimum atomic E-state index is -0.118. The van der Waals surface area contributed by atoms with E-state index in [2.05, 4.69) is 33.5 Å². The van der Waals surface area contributed by atoms with E-state index in [1.807, 2.05) is 48.5 Å². The first kappa shape index (κ1) is 17.3. The van der Waals surface area contributed by atoms with E-state index in [1.54, 1.807) is 0 Å². The molecule has 0 atom stereocenters. The van der Waals surface area contributed by atoms with Crippen molar-refractivity contribution in [3.63, 3.8) is 0 Å². The van der Waals surface area contributed by atoms with Crippen LogP contribution in [0.4, 0.5) is 11.4 Å². The molecule has 0 aliphatic rings. The summed E-state index contributed by atoms with van der Waals surface area (Å²) < 4.78 is 6.64. The molecule has 0 bridgehead atoms. The monoisotopic (exact) mass is 376 g/mol. The Morgan fingerprint density at radius 2 is 1.78 bits per heavy atom. The van der Waals surface area contributed by atoms with E-state index in [0.717, 1.165) is 23.0 Å². The van der Waals surface area contributed by atoms with Crippen molar-refractivity contribution in [2.75, 3.05) is 23.8 Å². The lowest BCUT2D eigenvalue weighted by atomic mass is 10.3. The number of rotatable bonds is 8. The number of carbonyl (C=O) groups is 1. The summed E-state index contributed by atoms with van der Waals surface area (Å²) >= 11 is 3.45. The second-order valence-corrected chi connectivity index (χ2v) is 5.93. The highest BCUT2D eigenvalue weighted by Crippen LogP contribution is 2.24. The molecule has 0 heterocycles. The molecule has 0 aliphatic heterocycles. The summed E-state index contributed by atoms with van der Waals surface area (Å²) in [6.07, 6.45) is 2.07. The number of amides is 1.